The maximum atomic E-state index is 11.9. The number of hydroxylamine groups is 2. The number of nitrogens with two attached hydrogens (primary N) is 1. The minimum atomic E-state index is -1.12. The number of carbonyl (C=O) groups excluding carboxylic acids is 1. The predicted octanol–water partition coefficient (Wildman–Crippen LogP) is 0.0530. The molecule has 3 heterocycles. The molecule has 0 aromatic heterocycles. The number of carboxylic acids is 1. The molecule has 3 atom stereocenters. The second-order valence-electron chi connectivity index (χ2n) is 5.71. The smallest absolute Gasteiger partial charge is 0.352 e. The average Bonchev–Trinajstić information content (AvgIpc) is 2.55. The number of β-lactam (4-membered cyclic amide) rings is 1. The molecule has 11 heteroatoms. The van der Waals surface area contributed by atoms with Crippen molar-refractivity contribution in [1.29, 1.82) is 0 Å². The molecule has 1 unspecified atom stereocenters. The molecule has 0 aliphatic carbocycles. The molecule has 0 spiro atoms. The Morgan fingerprint density at radius 3 is 2.96 bits per heavy atom. The Hall–Kier alpha value is -1.27. The van der Waals surface area contributed by atoms with E-state index in [0.717, 1.165) is 5.06 Å². The Morgan fingerprint density at radius 2 is 2.29 bits per heavy atom. The number of amides is 1. The topological polar surface area (TPSA) is 126 Å². The van der Waals surface area contributed by atoms with Gasteiger partial charge in [0.15, 0.2) is 0 Å². The summed E-state index contributed by atoms with van der Waals surface area (Å²) in [5.41, 5.74) is 6.41. The fourth-order valence-corrected chi connectivity index (χ4v) is 5.18. The molecule has 1 fully saturated rings. The Morgan fingerprint density at radius 1 is 1.58 bits per heavy atom. The van der Waals surface area contributed by atoms with Gasteiger partial charge >= 0.3 is 5.97 Å². The molecule has 0 saturated carbocycles. The first kappa shape index (κ1) is 17.5. The van der Waals surface area contributed by atoms with E-state index in [0.29, 0.717) is 22.9 Å². The van der Waals surface area contributed by atoms with Crippen molar-refractivity contribution < 1.29 is 14.7 Å². The van der Waals surface area contributed by atoms with Gasteiger partial charge < -0.3 is 21.1 Å². The van der Waals surface area contributed by atoms with Gasteiger partial charge in [0.05, 0.1) is 12.5 Å². The molecular weight excluding hydrogens is 354 g/mol. The first-order valence-electron chi connectivity index (χ1n) is 7.35. The minimum Gasteiger partial charge on any atom is -0.757 e. The highest BCUT2D eigenvalue weighted by Crippen LogP contribution is 2.40. The van der Waals surface area contributed by atoms with Crippen LogP contribution in [0, 0.1) is 5.21 Å². The van der Waals surface area contributed by atoms with E-state index in [2.05, 4.69) is 4.99 Å². The highest BCUT2D eigenvalue weighted by Gasteiger charge is 2.51. The van der Waals surface area contributed by atoms with Gasteiger partial charge in [-0.3, -0.25) is 14.7 Å². The maximum Gasteiger partial charge on any atom is 0.352 e. The van der Waals surface area contributed by atoms with Gasteiger partial charge in [-0.1, -0.05) is 11.9 Å². The Balaban J connectivity index is 1.74. The summed E-state index contributed by atoms with van der Waals surface area (Å²) in [6.07, 6.45) is -0.169. The summed E-state index contributed by atoms with van der Waals surface area (Å²) in [5.74, 6) is -0.164. The summed E-state index contributed by atoms with van der Waals surface area (Å²) < 4.78 is 1.80. The van der Waals surface area contributed by atoms with Crippen LogP contribution in [0.4, 0.5) is 0 Å². The normalized spacial score (nSPS) is 30.9. The molecule has 9 nitrogen and oxygen atoms in total. The zero-order valence-corrected chi connectivity index (χ0v) is 14.8. The first-order valence-corrected chi connectivity index (χ1v) is 9.34. The highest BCUT2D eigenvalue weighted by molar-refractivity contribution is 8.00. The summed E-state index contributed by atoms with van der Waals surface area (Å²) in [6, 6.07) is -0.632. The number of rotatable bonds is 4. The fraction of sp³-hybridized carbons (Fsp3) is 0.615. The molecule has 3 aliphatic heterocycles. The van der Waals surface area contributed by atoms with Crippen LogP contribution in [0.1, 0.15) is 13.8 Å². The quantitative estimate of drug-likeness (QED) is 0.520. The van der Waals surface area contributed by atoms with Crippen LogP contribution in [0.3, 0.4) is 0 Å². The average molecular weight is 372 g/mol. The monoisotopic (exact) mass is 372 g/mol. The van der Waals surface area contributed by atoms with Crippen molar-refractivity contribution >= 4 is 41.4 Å². The summed E-state index contributed by atoms with van der Waals surface area (Å²) in [7, 11) is 0. The Labute approximate surface area is 147 Å². The molecule has 3 aliphatic rings. The number of fused-ring (bicyclic) bond motifs is 1. The third kappa shape index (κ3) is 2.90. The van der Waals surface area contributed by atoms with Crippen LogP contribution in [0.5, 0.6) is 0 Å². The van der Waals surface area contributed by atoms with Gasteiger partial charge in [0.2, 0.25) is 5.91 Å². The molecule has 0 bridgehead atoms. The molecule has 1 amide bonds. The lowest BCUT2D eigenvalue weighted by molar-refractivity contribution is -0.147. The van der Waals surface area contributed by atoms with E-state index in [4.69, 9.17) is 5.73 Å². The molecule has 3 rings (SSSR count). The van der Waals surface area contributed by atoms with Gasteiger partial charge in [-0.15, -0.1) is 11.8 Å². The molecule has 0 aromatic carbocycles. The van der Waals surface area contributed by atoms with Crippen molar-refractivity contribution in [3.05, 3.63) is 16.5 Å². The van der Waals surface area contributed by atoms with Gasteiger partial charge in [0.1, 0.15) is 23.3 Å². The van der Waals surface area contributed by atoms with Crippen LogP contribution in [-0.4, -0.2) is 72.8 Å². The van der Waals surface area contributed by atoms with E-state index in [1.807, 2.05) is 6.92 Å². The highest BCUT2D eigenvalue weighted by atomic mass is 32.2. The van der Waals surface area contributed by atoms with Crippen molar-refractivity contribution in [1.82, 2.24) is 14.3 Å². The van der Waals surface area contributed by atoms with Crippen LogP contribution in [-0.2, 0) is 9.59 Å². The summed E-state index contributed by atoms with van der Waals surface area (Å²) >= 11 is 2.82. The van der Waals surface area contributed by atoms with E-state index < -0.39 is 12.0 Å². The number of carboxylic acid groups (broad SMARTS) is 1. The second-order valence-corrected chi connectivity index (χ2v) is 7.83. The van der Waals surface area contributed by atoms with Crippen molar-refractivity contribution in [2.45, 2.75) is 31.4 Å². The molecular formula is C13H18N5O4S2-. The van der Waals surface area contributed by atoms with Crippen molar-refractivity contribution in [2.24, 2.45) is 10.7 Å². The lowest BCUT2D eigenvalue weighted by Crippen LogP contribution is -2.68. The first-order chi connectivity index (χ1) is 11.3. The van der Waals surface area contributed by atoms with Crippen LogP contribution in [0.2, 0.25) is 0 Å². The van der Waals surface area contributed by atoms with E-state index in [1.54, 1.807) is 11.2 Å². The number of hydrogen-bond donors (Lipinski definition) is 2. The van der Waals surface area contributed by atoms with Crippen molar-refractivity contribution in [2.75, 3.05) is 18.2 Å². The van der Waals surface area contributed by atoms with E-state index >= 15 is 0 Å². The van der Waals surface area contributed by atoms with Gasteiger partial charge in [0.25, 0.3) is 0 Å². The molecule has 132 valence electrons. The number of nitrogens with zero attached hydrogens (tertiary/aromatic N) is 4. The number of aliphatic imine (C=N–C) groups is 1. The SMILES string of the molecule is CC1=NC(C)N(SCC2=C(C(=O)O)N3C(=O)[C@@H](N)[C@H]3SC2)CN1[O-]. The fourth-order valence-electron chi connectivity index (χ4n) is 2.75. The predicted molar refractivity (Wildman–Crippen MR) is 92.7 cm³/mol. The molecule has 0 radical (unpaired) electrons. The van der Waals surface area contributed by atoms with Gasteiger partial charge in [0, 0.05) is 11.5 Å². The number of aliphatic carboxylic acids is 1. The number of thioether (sulfide) groups is 1. The van der Waals surface area contributed by atoms with Crippen LogP contribution < -0.4 is 5.73 Å². The van der Waals surface area contributed by atoms with Gasteiger partial charge in [-0.05, 0) is 19.4 Å². The van der Waals surface area contributed by atoms with E-state index in [9.17, 15) is 19.9 Å². The molecule has 3 N–H and O–H groups in total. The van der Waals surface area contributed by atoms with Crippen molar-refractivity contribution in [3.63, 3.8) is 0 Å². The molecule has 1 saturated heterocycles. The number of carbonyl (C=O) groups is 2. The zero-order valence-electron chi connectivity index (χ0n) is 13.2. The van der Waals surface area contributed by atoms with Gasteiger partial charge in [-0.25, -0.2) is 9.10 Å². The maximum absolute atomic E-state index is 11.9. The second kappa shape index (κ2) is 6.56. The number of amidine groups is 1. The summed E-state index contributed by atoms with van der Waals surface area (Å²) in [5, 5.41) is 21.7. The van der Waals surface area contributed by atoms with Gasteiger partial charge in [-0.2, -0.15) is 0 Å². The summed E-state index contributed by atoms with van der Waals surface area (Å²) in [4.78, 5) is 29.0. The lowest BCUT2D eigenvalue weighted by atomic mass is 10.0. The van der Waals surface area contributed by atoms with Crippen LogP contribution in [0.15, 0.2) is 16.3 Å². The Kier molecular flexibility index (Phi) is 4.80. The Bertz CT molecular complexity index is 640. The number of hydrogen-bond acceptors (Lipinski definition) is 9. The van der Waals surface area contributed by atoms with Crippen LogP contribution in [0.25, 0.3) is 0 Å². The zero-order chi connectivity index (χ0) is 17.6. The van der Waals surface area contributed by atoms with E-state index in [-0.39, 0.29) is 29.8 Å². The summed E-state index contributed by atoms with van der Waals surface area (Å²) in [6.45, 7) is 3.70. The third-order valence-corrected chi connectivity index (χ3v) is 6.71. The largest absolute Gasteiger partial charge is 0.757 e. The van der Waals surface area contributed by atoms with Crippen molar-refractivity contribution in [3.8, 4) is 0 Å². The van der Waals surface area contributed by atoms with E-state index in [1.165, 1.54) is 28.6 Å². The minimum absolute atomic E-state index is 0.0290. The standard InChI is InChI=1S/C13H18N5O4S2/c1-6-15-7(2)17(5-16(6)22)24-4-8-3-23-12-9(14)11(19)18(12)10(8)13(20)21/h7,9,12H,3-5,14H2,1-2H3,(H,20,21)/q-1/t7?,9-,12-/m1/s1. The molecule has 24 heavy (non-hydrogen) atoms. The lowest BCUT2D eigenvalue weighted by Gasteiger charge is -2.48. The third-order valence-electron chi connectivity index (χ3n) is 4.11. The van der Waals surface area contributed by atoms with Crippen LogP contribution >= 0.6 is 23.7 Å². The molecule has 0 aromatic rings.